The van der Waals surface area contributed by atoms with Crippen molar-refractivity contribution in [3.63, 3.8) is 0 Å². The van der Waals surface area contributed by atoms with Crippen LogP contribution in [0.4, 0.5) is 0 Å². The molecule has 0 radical (unpaired) electrons. The van der Waals surface area contributed by atoms with Crippen LogP contribution in [0.15, 0.2) is 54.6 Å². The van der Waals surface area contributed by atoms with E-state index in [0.29, 0.717) is 13.0 Å². The molecular formula is C20H25NO2. The van der Waals surface area contributed by atoms with Crippen molar-refractivity contribution in [1.29, 1.82) is 0 Å². The maximum Gasteiger partial charge on any atom is 0.220 e. The number of hydrogen-bond donors (Lipinski definition) is 1. The molecule has 2 aromatic rings. The van der Waals surface area contributed by atoms with Crippen LogP contribution in [0.5, 0.6) is 5.75 Å². The summed E-state index contributed by atoms with van der Waals surface area (Å²) >= 11 is 0. The van der Waals surface area contributed by atoms with Gasteiger partial charge in [0.15, 0.2) is 0 Å². The number of amides is 1. The Balaban J connectivity index is 1.60. The molecule has 0 spiro atoms. The highest BCUT2D eigenvalue weighted by Crippen LogP contribution is 2.13. The molecule has 0 saturated carbocycles. The highest BCUT2D eigenvalue weighted by Gasteiger charge is 2.02. The van der Waals surface area contributed by atoms with Gasteiger partial charge >= 0.3 is 0 Å². The Bertz CT molecular complexity index is 578. The van der Waals surface area contributed by atoms with Crippen molar-refractivity contribution in [2.75, 3.05) is 13.2 Å². The van der Waals surface area contributed by atoms with Crippen molar-refractivity contribution in [1.82, 2.24) is 5.32 Å². The predicted molar refractivity (Wildman–Crippen MR) is 93.7 cm³/mol. The van der Waals surface area contributed by atoms with Crippen LogP contribution in [0, 0.1) is 0 Å². The molecule has 0 aliphatic carbocycles. The van der Waals surface area contributed by atoms with Gasteiger partial charge in [-0.3, -0.25) is 4.79 Å². The zero-order valence-corrected chi connectivity index (χ0v) is 13.8. The molecule has 0 saturated heterocycles. The van der Waals surface area contributed by atoms with Crippen LogP contribution in [0.1, 0.15) is 30.9 Å². The monoisotopic (exact) mass is 311 g/mol. The van der Waals surface area contributed by atoms with Gasteiger partial charge in [0.25, 0.3) is 0 Å². The minimum atomic E-state index is 0.126. The SMILES string of the molecule is CCOc1ccc(CCCNC(=O)CCc2ccccc2)cc1. The molecule has 122 valence electrons. The summed E-state index contributed by atoms with van der Waals surface area (Å²) in [6.07, 6.45) is 3.26. The highest BCUT2D eigenvalue weighted by molar-refractivity contribution is 5.76. The summed E-state index contributed by atoms with van der Waals surface area (Å²) < 4.78 is 5.42. The molecule has 2 aromatic carbocycles. The second kappa shape index (κ2) is 9.67. The summed E-state index contributed by atoms with van der Waals surface area (Å²) in [5.74, 6) is 1.03. The van der Waals surface area contributed by atoms with Crippen molar-refractivity contribution < 1.29 is 9.53 Å². The van der Waals surface area contributed by atoms with E-state index >= 15 is 0 Å². The van der Waals surface area contributed by atoms with Gasteiger partial charge in [0, 0.05) is 13.0 Å². The average molecular weight is 311 g/mol. The first kappa shape index (κ1) is 17.1. The summed E-state index contributed by atoms with van der Waals surface area (Å²) in [6.45, 7) is 3.39. The molecule has 0 unspecified atom stereocenters. The summed E-state index contributed by atoms with van der Waals surface area (Å²) in [5, 5.41) is 2.99. The van der Waals surface area contributed by atoms with E-state index in [4.69, 9.17) is 4.74 Å². The molecule has 23 heavy (non-hydrogen) atoms. The molecule has 1 N–H and O–H groups in total. The number of benzene rings is 2. The van der Waals surface area contributed by atoms with Crippen LogP contribution in [0.3, 0.4) is 0 Å². The fraction of sp³-hybridized carbons (Fsp3) is 0.350. The number of hydrogen-bond acceptors (Lipinski definition) is 2. The summed E-state index contributed by atoms with van der Waals surface area (Å²) in [4.78, 5) is 11.8. The average Bonchev–Trinajstić information content (AvgIpc) is 2.59. The lowest BCUT2D eigenvalue weighted by Crippen LogP contribution is -2.24. The zero-order valence-electron chi connectivity index (χ0n) is 13.8. The van der Waals surface area contributed by atoms with Crippen LogP contribution in [-0.2, 0) is 17.6 Å². The van der Waals surface area contributed by atoms with E-state index in [0.717, 1.165) is 31.6 Å². The molecule has 0 heterocycles. The second-order valence-electron chi connectivity index (χ2n) is 5.52. The number of aryl methyl sites for hydroxylation is 2. The van der Waals surface area contributed by atoms with Gasteiger partial charge in [0.2, 0.25) is 5.91 Å². The number of nitrogens with one attached hydrogen (secondary N) is 1. The van der Waals surface area contributed by atoms with E-state index in [9.17, 15) is 4.79 Å². The van der Waals surface area contributed by atoms with Gasteiger partial charge in [-0.25, -0.2) is 0 Å². The van der Waals surface area contributed by atoms with Gasteiger partial charge in [-0.2, -0.15) is 0 Å². The van der Waals surface area contributed by atoms with E-state index in [1.807, 2.05) is 37.3 Å². The first-order valence-corrected chi connectivity index (χ1v) is 8.30. The van der Waals surface area contributed by atoms with Gasteiger partial charge in [-0.15, -0.1) is 0 Å². The maximum absolute atomic E-state index is 11.8. The maximum atomic E-state index is 11.8. The molecule has 0 fully saturated rings. The standard InChI is InChI=1S/C20H25NO2/c1-2-23-19-13-10-18(11-14-19)9-6-16-21-20(22)15-12-17-7-4-3-5-8-17/h3-5,7-8,10-11,13-14H,2,6,9,12,15-16H2,1H3,(H,21,22). The first-order chi connectivity index (χ1) is 11.3. The van der Waals surface area contributed by atoms with Gasteiger partial charge in [-0.05, 0) is 49.4 Å². The van der Waals surface area contributed by atoms with Crippen LogP contribution >= 0.6 is 0 Å². The van der Waals surface area contributed by atoms with Gasteiger partial charge in [0.1, 0.15) is 5.75 Å². The van der Waals surface area contributed by atoms with Crippen molar-refractivity contribution in [3.8, 4) is 5.75 Å². The van der Waals surface area contributed by atoms with E-state index in [1.54, 1.807) is 0 Å². The lowest BCUT2D eigenvalue weighted by atomic mass is 10.1. The Hall–Kier alpha value is -2.29. The third kappa shape index (κ3) is 6.55. The van der Waals surface area contributed by atoms with Crippen molar-refractivity contribution in [2.45, 2.75) is 32.6 Å². The van der Waals surface area contributed by atoms with E-state index in [-0.39, 0.29) is 5.91 Å². The smallest absolute Gasteiger partial charge is 0.220 e. The topological polar surface area (TPSA) is 38.3 Å². The molecule has 0 aliphatic rings. The highest BCUT2D eigenvalue weighted by atomic mass is 16.5. The zero-order chi connectivity index (χ0) is 16.3. The second-order valence-corrected chi connectivity index (χ2v) is 5.52. The Labute approximate surface area is 138 Å². The molecular weight excluding hydrogens is 286 g/mol. The van der Waals surface area contributed by atoms with Crippen LogP contribution in [0.25, 0.3) is 0 Å². The van der Waals surface area contributed by atoms with Crippen LogP contribution in [0.2, 0.25) is 0 Å². The number of carbonyl (C=O) groups excluding carboxylic acids is 1. The fourth-order valence-electron chi connectivity index (χ4n) is 2.43. The van der Waals surface area contributed by atoms with Crippen molar-refractivity contribution in [3.05, 3.63) is 65.7 Å². The van der Waals surface area contributed by atoms with Crippen LogP contribution < -0.4 is 10.1 Å². The first-order valence-electron chi connectivity index (χ1n) is 8.30. The minimum absolute atomic E-state index is 0.126. The normalized spacial score (nSPS) is 10.3. The quantitative estimate of drug-likeness (QED) is 0.716. The van der Waals surface area contributed by atoms with Crippen molar-refractivity contribution >= 4 is 5.91 Å². The largest absolute Gasteiger partial charge is 0.494 e. The summed E-state index contributed by atoms with van der Waals surface area (Å²) in [6, 6.07) is 18.3. The summed E-state index contributed by atoms with van der Waals surface area (Å²) in [5.41, 5.74) is 2.48. The van der Waals surface area contributed by atoms with Gasteiger partial charge < -0.3 is 10.1 Å². The van der Waals surface area contributed by atoms with E-state index in [2.05, 4.69) is 29.6 Å². The molecule has 0 bridgehead atoms. The van der Waals surface area contributed by atoms with Crippen molar-refractivity contribution in [2.24, 2.45) is 0 Å². The number of ether oxygens (including phenoxy) is 1. The van der Waals surface area contributed by atoms with Crippen LogP contribution in [-0.4, -0.2) is 19.1 Å². The minimum Gasteiger partial charge on any atom is -0.494 e. The van der Waals surface area contributed by atoms with Gasteiger partial charge in [0.05, 0.1) is 6.61 Å². The molecule has 2 rings (SSSR count). The Morgan fingerprint density at radius 2 is 1.65 bits per heavy atom. The molecule has 0 atom stereocenters. The third-order valence-electron chi connectivity index (χ3n) is 3.68. The Morgan fingerprint density at radius 3 is 2.35 bits per heavy atom. The number of rotatable bonds is 9. The fourth-order valence-corrected chi connectivity index (χ4v) is 2.43. The molecule has 0 aromatic heterocycles. The third-order valence-corrected chi connectivity index (χ3v) is 3.68. The lowest BCUT2D eigenvalue weighted by Gasteiger charge is -2.07. The summed E-state index contributed by atoms with van der Waals surface area (Å²) in [7, 11) is 0. The van der Waals surface area contributed by atoms with Gasteiger partial charge in [-0.1, -0.05) is 42.5 Å². The van der Waals surface area contributed by atoms with E-state index < -0.39 is 0 Å². The molecule has 3 nitrogen and oxygen atoms in total. The molecule has 0 aliphatic heterocycles. The van der Waals surface area contributed by atoms with E-state index in [1.165, 1.54) is 11.1 Å². The molecule has 1 amide bonds. The lowest BCUT2D eigenvalue weighted by molar-refractivity contribution is -0.121. The predicted octanol–water partition coefficient (Wildman–Crippen LogP) is 3.77. The Kier molecular flexibility index (Phi) is 7.18. The Morgan fingerprint density at radius 1 is 0.957 bits per heavy atom. The number of carbonyl (C=O) groups is 1. The molecule has 3 heteroatoms.